The maximum absolute atomic E-state index is 13.4. The maximum atomic E-state index is 13.4. The quantitative estimate of drug-likeness (QED) is 0.709. The zero-order chi connectivity index (χ0) is 18.5. The highest BCUT2D eigenvalue weighted by Crippen LogP contribution is 2.35. The number of para-hydroxylation sites is 1. The molecular formula is C20H20N2O3S. The van der Waals surface area contributed by atoms with Crippen molar-refractivity contribution in [1.82, 2.24) is 4.98 Å². The molecule has 0 saturated carbocycles. The molecule has 0 amide bonds. The van der Waals surface area contributed by atoms with Gasteiger partial charge in [-0.25, -0.2) is 17.7 Å². The van der Waals surface area contributed by atoms with Crippen LogP contribution in [0, 0.1) is 13.8 Å². The fourth-order valence-electron chi connectivity index (χ4n) is 3.49. The number of aromatic nitrogens is 1. The number of methoxy groups -OCH3 is 1. The van der Waals surface area contributed by atoms with Crippen molar-refractivity contribution in [3.8, 4) is 5.75 Å². The van der Waals surface area contributed by atoms with E-state index in [-0.39, 0.29) is 0 Å². The van der Waals surface area contributed by atoms with Gasteiger partial charge in [0.1, 0.15) is 11.6 Å². The van der Waals surface area contributed by atoms with E-state index in [0.717, 1.165) is 22.0 Å². The normalized spacial score (nSPS) is 13.9. The van der Waals surface area contributed by atoms with Crippen LogP contribution in [0.3, 0.4) is 0 Å². The monoisotopic (exact) mass is 368 g/mol. The molecule has 0 radical (unpaired) electrons. The average molecular weight is 368 g/mol. The van der Waals surface area contributed by atoms with Crippen molar-refractivity contribution >= 4 is 26.7 Å². The summed E-state index contributed by atoms with van der Waals surface area (Å²) in [6.45, 7) is 4.05. The molecule has 2 heterocycles. The van der Waals surface area contributed by atoms with Crippen molar-refractivity contribution in [2.75, 3.05) is 18.0 Å². The molecule has 0 atom stereocenters. The Labute approximate surface area is 153 Å². The summed E-state index contributed by atoms with van der Waals surface area (Å²) in [4.78, 5) is 4.94. The molecule has 0 saturated heterocycles. The molecule has 0 unspecified atom stereocenters. The van der Waals surface area contributed by atoms with Crippen LogP contribution in [-0.4, -0.2) is 27.1 Å². The van der Waals surface area contributed by atoms with Crippen molar-refractivity contribution in [3.05, 3.63) is 59.2 Å². The highest BCUT2D eigenvalue weighted by atomic mass is 32.2. The lowest BCUT2D eigenvalue weighted by molar-refractivity contribution is 0.411. The van der Waals surface area contributed by atoms with Crippen LogP contribution >= 0.6 is 0 Å². The first kappa shape index (κ1) is 16.8. The van der Waals surface area contributed by atoms with Gasteiger partial charge in [0.25, 0.3) is 10.0 Å². The third-order valence-corrected chi connectivity index (χ3v) is 6.79. The minimum atomic E-state index is -3.68. The Bertz CT molecular complexity index is 1120. The molecule has 4 rings (SSSR count). The third-order valence-electron chi connectivity index (χ3n) is 4.86. The number of benzene rings is 2. The Balaban J connectivity index is 1.85. The summed E-state index contributed by atoms with van der Waals surface area (Å²) >= 11 is 0. The van der Waals surface area contributed by atoms with Crippen LogP contribution in [0.1, 0.15) is 16.7 Å². The minimum Gasteiger partial charge on any atom is -0.496 e. The third kappa shape index (κ3) is 2.52. The lowest BCUT2D eigenvalue weighted by atomic mass is 10.1. The smallest absolute Gasteiger partial charge is 0.265 e. The second kappa shape index (κ2) is 5.99. The van der Waals surface area contributed by atoms with Gasteiger partial charge in [-0.2, -0.15) is 0 Å². The fourth-order valence-corrected chi connectivity index (χ4v) is 5.24. The number of pyridine rings is 1. The van der Waals surface area contributed by atoms with Gasteiger partial charge in [0.05, 0.1) is 17.5 Å². The number of hydrogen-bond donors (Lipinski definition) is 0. The van der Waals surface area contributed by atoms with E-state index >= 15 is 0 Å². The van der Waals surface area contributed by atoms with Crippen LogP contribution in [-0.2, 0) is 16.4 Å². The molecule has 6 heteroatoms. The molecule has 5 nitrogen and oxygen atoms in total. The molecule has 3 aromatic rings. The Morgan fingerprint density at radius 1 is 1.08 bits per heavy atom. The van der Waals surface area contributed by atoms with Crippen LogP contribution in [0.15, 0.2) is 47.4 Å². The van der Waals surface area contributed by atoms with Gasteiger partial charge in [0, 0.05) is 11.9 Å². The van der Waals surface area contributed by atoms with Crippen molar-refractivity contribution in [2.45, 2.75) is 25.2 Å². The number of nitrogens with zero attached hydrogens (tertiary/aromatic N) is 2. The van der Waals surface area contributed by atoms with Crippen LogP contribution in [0.5, 0.6) is 5.75 Å². The summed E-state index contributed by atoms with van der Waals surface area (Å²) in [5, 5.41) is 1.03. The second-order valence-corrected chi connectivity index (χ2v) is 8.41. The highest BCUT2D eigenvalue weighted by molar-refractivity contribution is 7.92. The first-order valence-electron chi connectivity index (χ1n) is 8.48. The summed E-state index contributed by atoms with van der Waals surface area (Å²) in [5.74, 6) is 1.23. The summed E-state index contributed by atoms with van der Waals surface area (Å²) in [7, 11) is -2.10. The molecule has 1 aromatic heterocycles. The van der Waals surface area contributed by atoms with Crippen LogP contribution in [0.2, 0.25) is 0 Å². The van der Waals surface area contributed by atoms with Crippen molar-refractivity contribution in [1.29, 1.82) is 0 Å². The standard InChI is InChI=1S/C20H20N2O3S/c1-13-11-19(14(2)10-18(13)25-3)26(23,24)22-9-8-16-12-15-6-4-5-7-17(15)21-20(16)22/h4-7,10-12H,8-9H2,1-3H3. The van der Waals surface area contributed by atoms with Gasteiger partial charge in [-0.3, -0.25) is 0 Å². The molecule has 1 aliphatic rings. The van der Waals surface area contributed by atoms with E-state index in [9.17, 15) is 8.42 Å². The number of ether oxygens (including phenoxy) is 1. The Morgan fingerprint density at radius 2 is 1.85 bits per heavy atom. The van der Waals surface area contributed by atoms with Crippen LogP contribution in [0.25, 0.3) is 10.9 Å². The minimum absolute atomic E-state index is 0.304. The van der Waals surface area contributed by atoms with E-state index in [4.69, 9.17) is 4.74 Å². The van der Waals surface area contributed by atoms with Crippen molar-refractivity contribution in [3.63, 3.8) is 0 Å². The second-order valence-electron chi connectivity index (χ2n) is 6.58. The largest absolute Gasteiger partial charge is 0.496 e. The maximum Gasteiger partial charge on any atom is 0.265 e. The van der Waals surface area contributed by atoms with E-state index in [0.29, 0.717) is 35.0 Å². The number of rotatable bonds is 3. The molecule has 134 valence electrons. The first-order chi connectivity index (χ1) is 12.4. The van der Waals surface area contributed by atoms with E-state index in [2.05, 4.69) is 4.98 Å². The van der Waals surface area contributed by atoms with Gasteiger partial charge in [0.2, 0.25) is 0 Å². The summed E-state index contributed by atoms with van der Waals surface area (Å²) in [6, 6.07) is 13.3. The highest BCUT2D eigenvalue weighted by Gasteiger charge is 2.33. The number of anilines is 1. The van der Waals surface area contributed by atoms with E-state index < -0.39 is 10.0 Å². The van der Waals surface area contributed by atoms with Crippen LogP contribution < -0.4 is 9.04 Å². The Hall–Kier alpha value is -2.60. The Morgan fingerprint density at radius 3 is 2.62 bits per heavy atom. The van der Waals surface area contributed by atoms with Crippen molar-refractivity contribution in [2.24, 2.45) is 0 Å². The predicted octanol–water partition coefficient (Wildman–Crippen LogP) is 3.61. The van der Waals surface area contributed by atoms with Gasteiger partial charge in [0.15, 0.2) is 0 Å². The van der Waals surface area contributed by atoms with E-state index in [1.165, 1.54) is 4.31 Å². The molecule has 2 aromatic carbocycles. The van der Waals surface area contributed by atoms with Crippen molar-refractivity contribution < 1.29 is 13.2 Å². The van der Waals surface area contributed by atoms with Gasteiger partial charge in [-0.05, 0) is 61.2 Å². The summed E-state index contributed by atoms with van der Waals surface area (Å²) in [5.41, 5.74) is 3.23. The van der Waals surface area contributed by atoms with Crippen LogP contribution in [0.4, 0.5) is 5.82 Å². The molecule has 0 spiro atoms. The number of aryl methyl sites for hydroxylation is 2. The fraction of sp³-hybridized carbons (Fsp3) is 0.250. The van der Waals surface area contributed by atoms with Gasteiger partial charge in [-0.1, -0.05) is 18.2 Å². The molecule has 0 bridgehead atoms. The molecule has 0 aliphatic carbocycles. The number of sulfonamides is 1. The molecule has 0 N–H and O–H groups in total. The SMILES string of the molecule is COc1cc(C)c(S(=O)(=O)N2CCc3cc4ccccc4nc32)cc1C. The van der Waals surface area contributed by atoms with Gasteiger partial charge < -0.3 is 4.74 Å². The topological polar surface area (TPSA) is 59.5 Å². The molecule has 26 heavy (non-hydrogen) atoms. The molecule has 1 aliphatic heterocycles. The van der Waals surface area contributed by atoms with E-state index in [1.807, 2.05) is 37.3 Å². The number of hydrogen-bond acceptors (Lipinski definition) is 4. The van der Waals surface area contributed by atoms with E-state index in [1.54, 1.807) is 26.2 Å². The summed E-state index contributed by atoms with van der Waals surface area (Å²) in [6.07, 6.45) is 0.667. The lowest BCUT2D eigenvalue weighted by Gasteiger charge is -2.21. The number of fused-ring (bicyclic) bond motifs is 2. The molecule has 0 fully saturated rings. The lowest BCUT2D eigenvalue weighted by Crippen LogP contribution is -2.30. The van der Waals surface area contributed by atoms with Gasteiger partial charge in [-0.15, -0.1) is 0 Å². The van der Waals surface area contributed by atoms with Gasteiger partial charge >= 0.3 is 0 Å². The Kier molecular flexibility index (Phi) is 3.88. The predicted molar refractivity (Wildman–Crippen MR) is 102 cm³/mol. The summed E-state index contributed by atoms with van der Waals surface area (Å²) < 4.78 is 33.4. The zero-order valence-electron chi connectivity index (χ0n) is 15.0. The first-order valence-corrected chi connectivity index (χ1v) is 9.92. The molecular weight excluding hydrogens is 348 g/mol. The zero-order valence-corrected chi connectivity index (χ0v) is 15.8. The average Bonchev–Trinajstić information content (AvgIpc) is 3.04.